The molecular formula is C16H11ClF3N3O3S. The van der Waals surface area contributed by atoms with E-state index in [4.69, 9.17) is 23.8 Å². The highest BCUT2D eigenvalue weighted by Crippen LogP contribution is 2.17. The van der Waals surface area contributed by atoms with Gasteiger partial charge in [-0.3, -0.25) is 10.1 Å². The fourth-order valence-electron chi connectivity index (χ4n) is 1.85. The molecule has 6 nitrogen and oxygen atoms in total. The zero-order valence-electron chi connectivity index (χ0n) is 13.3. The number of hydrogen-bond donors (Lipinski definition) is 2. The fraction of sp³-hybridized carbons (Fsp3) is 0.125. The number of esters is 1. The number of rotatable bonds is 4. The molecule has 0 aliphatic rings. The van der Waals surface area contributed by atoms with Crippen LogP contribution < -0.4 is 10.6 Å². The van der Waals surface area contributed by atoms with Gasteiger partial charge in [-0.05, 0) is 36.5 Å². The summed E-state index contributed by atoms with van der Waals surface area (Å²) >= 11 is 10.7. The predicted octanol–water partition coefficient (Wildman–Crippen LogP) is 3.58. The highest BCUT2D eigenvalue weighted by Gasteiger charge is 2.30. The summed E-state index contributed by atoms with van der Waals surface area (Å²) in [6.07, 6.45) is -3.32. The van der Waals surface area contributed by atoms with Gasteiger partial charge in [-0.1, -0.05) is 23.7 Å². The summed E-state index contributed by atoms with van der Waals surface area (Å²) in [6.45, 7) is -1.76. The quantitative estimate of drug-likeness (QED) is 0.584. The molecule has 0 saturated carbocycles. The van der Waals surface area contributed by atoms with Crippen LogP contribution in [0.1, 0.15) is 20.7 Å². The molecule has 0 aliphatic carbocycles. The number of pyridine rings is 1. The van der Waals surface area contributed by atoms with E-state index in [1.807, 2.05) is 0 Å². The highest BCUT2D eigenvalue weighted by atomic mass is 35.5. The number of ether oxygens (including phenoxy) is 1. The van der Waals surface area contributed by atoms with Crippen molar-refractivity contribution in [1.29, 1.82) is 0 Å². The van der Waals surface area contributed by atoms with Crippen LogP contribution in [0.2, 0.25) is 5.02 Å². The predicted molar refractivity (Wildman–Crippen MR) is 95.7 cm³/mol. The summed E-state index contributed by atoms with van der Waals surface area (Å²) in [5, 5.41) is 5.21. The summed E-state index contributed by atoms with van der Waals surface area (Å²) < 4.78 is 40.8. The van der Waals surface area contributed by atoms with Gasteiger partial charge in [-0.25, -0.2) is 9.78 Å². The lowest BCUT2D eigenvalue weighted by Crippen LogP contribution is -2.35. The van der Waals surface area contributed by atoms with E-state index in [0.29, 0.717) is 10.8 Å². The van der Waals surface area contributed by atoms with Crippen LogP contribution in [0.15, 0.2) is 42.6 Å². The van der Waals surface area contributed by atoms with Gasteiger partial charge in [-0.2, -0.15) is 13.2 Å². The number of hydrogen-bond acceptors (Lipinski definition) is 5. The number of thiocarbonyl (C=S) groups is 1. The average molecular weight is 418 g/mol. The number of nitrogens with one attached hydrogen (secondary N) is 2. The van der Waals surface area contributed by atoms with Crippen LogP contribution >= 0.6 is 23.8 Å². The first kappa shape index (κ1) is 20.6. The summed E-state index contributed by atoms with van der Waals surface area (Å²) in [5.41, 5.74) is -0.524. The molecule has 11 heteroatoms. The number of carbonyl (C=O) groups is 2. The first-order valence-electron chi connectivity index (χ1n) is 7.22. The highest BCUT2D eigenvalue weighted by molar-refractivity contribution is 7.80. The van der Waals surface area contributed by atoms with Crippen molar-refractivity contribution in [3.05, 3.63) is 58.7 Å². The second-order valence-electron chi connectivity index (χ2n) is 5.01. The number of nitrogens with zero attached hydrogens (tertiary/aromatic N) is 1. The second kappa shape index (κ2) is 8.78. The molecule has 1 amide bonds. The maximum atomic E-state index is 12.3. The molecule has 0 aliphatic heterocycles. The molecule has 0 atom stereocenters. The maximum Gasteiger partial charge on any atom is 0.422 e. The molecular weight excluding hydrogens is 407 g/mol. The van der Waals surface area contributed by atoms with E-state index in [1.54, 1.807) is 6.07 Å². The lowest BCUT2D eigenvalue weighted by Gasteiger charge is -2.12. The number of halogens is 4. The van der Waals surface area contributed by atoms with Crippen molar-refractivity contribution in [2.24, 2.45) is 0 Å². The molecule has 2 rings (SSSR count). The molecule has 142 valence electrons. The minimum Gasteiger partial charge on any atom is -0.452 e. The number of alkyl halides is 3. The first-order chi connectivity index (χ1) is 12.7. The maximum absolute atomic E-state index is 12.3. The van der Waals surface area contributed by atoms with Crippen LogP contribution in [0.25, 0.3) is 0 Å². The van der Waals surface area contributed by atoms with E-state index >= 15 is 0 Å². The molecule has 0 saturated heterocycles. The van der Waals surface area contributed by atoms with Crippen molar-refractivity contribution < 1.29 is 27.5 Å². The van der Waals surface area contributed by atoms with Crippen molar-refractivity contribution in [2.75, 3.05) is 11.9 Å². The van der Waals surface area contributed by atoms with Crippen molar-refractivity contribution >= 4 is 46.6 Å². The second-order valence-corrected chi connectivity index (χ2v) is 5.85. The van der Waals surface area contributed by atoms with Gasteiger partial charge >= 0.3 is 12.1 Å². The van der Waals surface area contributed by atoms with Gasteiger partial charge in [0.15, 0.2) is 11.7 Å². The van der Waals surface area contributed by atoms with Gasteiger partial charge in [0, 0.05) is 6.20 Å². The SMILES string of the molecule is O=C(NC(=S)Nc1ccc(Cl)cn1)c1ccccc1C(=O)OCC(F)(F)F. The summed E-state index contributed by atoms with van der Waals surface area (Å²) in [7, 11) is 0. The number of amides is 1. The topological polar surface area (TPSA) is 80.3 Å². The summed E-state index contributed by atoms with van der Waals surface area (Å²) in [4.78, 5) is 28.1. The van der Waals surface area contributed by atoms with Crippen LogP contribution in [0, 0.1) is 0 Å². The Balaban J connectivity index is 2.06. The third-order valence-corrected chi connectivity index (χ3v) is 3.38. The van der Waals surface area contributed by atoms with Gasteiger partial charge < -0.3 is 10.1 Å². The normalized spacial score (nSPS) is 10.8. The zero-order chi connectivity index (χ0) is 20.0. The molecule has 0 radical (unpaired) electrons. The Kier molecular flexibility index (Phi) is 6.70. The third kappa shape index (κ3) is 6.50. The molecule has 1 aromatic heterocycles. The Morgan fingerprint density at radius 1 is 1.15 bits per heavy atom. The Bertz CT molecular complexity index is 860. The molecule has 27 heavy (non-hydrogen) atoms. The number of benzene rings is 1. The van der Waals surface area contributed by atoms with Crippen molar-refractivity contribution in [3.8, 4) is 0 Å². The fourth-order valence-corrected chi connectivity index (χ4v) is 2.16. The lowest BCUT2D eigenvalue weighted by atomic mass is 10.1. The number of aromatic nitrogens is 1. The lowest BCUT2D eigenvalue weighted by molar-refractivity contribution is -0.161. The Morgan fingerprint density at radius 3 is 2.41 bits per heavy atom. The van der Waals surface area contributed by atoms with Gasteiger partial charge in [-0.15, -0.1) is 0 Å². The van der Waals surface area contributed by atoms with E-state index in [9.17, 15) is 22.8 Å². The van der Waals surface area contributed by atoms with Gasteiger partial charge in [0.05, 0.1) is 16.1 Å². The number of anilines is 1. The summed E-state index contributed by atoms with van der Waals surface area (Å²) in [6, 6.07) is 8.31. The molecule has 0 unspecified atom stereocenters. The van der Waals surface area contributed by atoms with E-state index in [2.05, 4.69) is 20.4 Å². The van der Waals surface area contributed by atoms with Crippen molar-refractivity contribution in [3.63, 3.8) is 0 Å². The molecule has 2 aromatic rings. The van der Waals surface area contributed by atoms with Gasteiger partial charge in [0.2, 0.25) is 0 Å². The third-order valence-electron chi connectivity index (χ3n) is 2.95. The van der Waals surface area contributed by atoms with E-state index in [-0.39, 0.29) is 16.2 Å². The zero-order valence-corrected chi connectivity index (χ0v) is 14.9. The molecule has 1 aromatic carbocycles. The van der Waals surface area contributed by atoms with Crippen LogP contribution in [-0.2, 0) is 4.74 Å². The van der Waals surface area contributed by atoms with Crippen LogP contribution in [0.3, 0.4) is 0 Å². The van der Waals surface area contributed by atoms with Crippen LogP contribution in [0.5, 0.6) is 0 Å². The Hall–Kier alpha value is -2.72. The molecule has 0 spiro atoms. The van der Waals surface area contributed by atoms with Crippen molar-refractivity contribution in [2.45, 2.75) is 6.18 Å². The standard InChI is InChI=1S/C16H11ClF3N3O3S/c17-9-5-6-12(21-7-9)22-15(27)23-13(24)10-3-1-2-4-11(10)14(25)26-8-16(18,19)20/h1-7H,8H2,(H2,21,22,23,24,27). The smallest absolute Gasteiger partial charge is 0.422 e. The Labute approximate surface area is 161 Å². The van der Waals surface area contributed by atoms with Gasteiger partial charge in [0.25, 0.3) is 5.91 Å². The van der Waals surface area contributed by atoms with E-state index in [1.165, 1.54) is 36.5 Å². The minimum absolute atomic E-state index is 0.131. The van der Waals surface area contributed by atoms with Crippen LogP contribution in [0.4, 0.5) is 19.0 Å². The minimum atomic E-state index is -4.68. The van der Waals surface area contributed by atoms with Crippen molar-refractivity contribution in [1.82, 2.24) is 10.3 Å². The largest absolute Gasteiger partial charge is 0.452 e. The van der Waals surface area contributed by atoms with E-state index < -0.39 is 24.7 Å². The van der Waals surface area contributed by atoms with E-state index in [0.717, 1.165) is 0 Å². The average Bonchev–Trinajstić information content (AvgIpc) is 2.61. The van der Waals surface area contributed by atoms with Gasteiger partial charge in [0.1, 0.15) is 5.82 Å². The molecule has 2 N–H and O–H groups in total. The first-order valence-corrected chi connectivity index (χ1v) is 8.01. The monoisotopic (exact) mass is 417 g/mol. The molecule has 0 bridgehead atoms. The molecule has 0 fully saturated rings. The number of carbonyl (C=O) groups excluding carboxylic acids is 2. The summed E-state index contributed by atoms with van der Waals surface area (Å²) in [5.74, 6) is -1.78. The molecule has 1 heterocycles. The van der Waals surface area contributed by atoms with Crippen LogP contribution in [-0.4, -0.2) is 34.8 Å². The Morgan fingerprint density at radius 2 is 1.81 bits per heavy atom.